The number of morpholine rings is 1. The van der Waals surface area contributed by atoms with Gasteiger partial charge in [-0.25, -0.2) is 4.98 Å². The zero-order chi connectivity index (χ0) is 12.3. The Morgan fingerprint density at radius 3 is 2.72 bits per heavy atom. The maximum absolute atomic E-state index is 10.9. The maximum atomic E-state index is 10.9. The topological polar surface area (TPSA) is 80.5 Å². The van der Waals surface area contributed by atoms with Gasteiger partial charge in [-0.15, -0.1) is 12.4 Å². The molecule has 1 aromatic heterocycles. The summed E-state index contributed by atoms with van der Waals surface area (Å²) in [4.78, 5) is 17.2. The summed E-state index contributed by atoms with van der Waals surface area (Å²) in [6.07, 6.45) is 1.69. The summed E-state index contributed by atoms with van der Waals surface area (Å²) in [6.45, 7) is 4.46. The number of pyridine rings is 1. The molecule has 7 heteroatoms. The molecular weight excluding hydrogens is 256 g/mol. The number of nitrogens with one attached hydrogen (secondary N) is 1. The molecule has 2 heterocycles. The molecule has 0 atom stereocenters. The molecule has 1 fully saturated rings. The van der Waals surface area contributed by atoms with Gasteiger partial charge in [0.2, 0.25) is 5.91 Å². The quantitative estimate of drug-likeness (QED) is 0.835. The number of ether oxygens (including phenoxy) is 1. The number of carbonyl (C=O) groups excluding carboxylic acids is 1. The number of aromatic nitrogens is 1. The van der Waals surface area contributed by atoms with Gasteiger partial charge >= 0.3 is 0 Å². The first-order valence-corrected chi connectivity index (χ1v) is 5.52. The number of hydrogen-bond acceptors (Lipinski definition) is 5. The van der Waals surface area contributed by atoms with E-state index in [1.165, 1.54) is 6.92 Å². The van der Waals surface area contributed by atoms with Gasteiger partial charge in [-0.3, -0.25) is 4.79 Å². The Bertz CT molecular complexity index is 422. The second-order valence-corrected chi connectivity index (χ2v) is 3.91. The predicted octanol–water partition coefficient (Wildman–Crippen LogP) is 0.881. The highest BCUT2D eigenvalue weighted by Gasteiger charge is 2.14. The highest BCUT2D eigenvalue weighted by atomic mass is 35.5. The SMILES string of the molecule is CC(=O)Nc1cc(N)c(N2CCOCC2)cn1.Cl. The van der Waals surface area contributed by atoms with E-state index in [9.17, 15) is 4.79 Å². The van der Waals surface area contributed by atoms with Crippen molar-refractivity contribution in [3.63, 3.8) is 0 Å². The van der Waals surface area contributed by atoms with Crippen LogP contribution in [0, 0.1) is 0 Å². The molecule has 0 aliphatic carbocycles. The van der Waals surface area contributed by atoms with Crippen LogP contribution in [0.5, 0.6) is 0 Å². The molecule has 1 amide bonds. The number of hydrogen-bond donors (Lipinski definition) is 2. The zero-order valence-corrected chi connectivity index (χ0v) is 11.0. The molecular formula is C11H17ClN4O2. The van der Waals surface area contributed by atoms with Crippen LogP contribution in [0.25, 0.3) is 0 Å². The highest BCUT2D eigenvalue weighted by molar-refractivity contribution is 5.88. The Morgan fingerprint density at radius 2 is 2.17 bits per heavy atom. The van der Waals surface area contributed by atoms with E-state index in [4.69, 9.17) is 10.5 Å². The minimum atomic E-state index is -0.156. The van der Waals surface area contributed by atoms with Gasteiger partial charge in [0.1, 0.15) is 5.82 Å². The van der Waals surface area contributed by atoms with Gasteiger partial charge < -0.3 is 20.7 Å². The van der Waals surface area contributed by atoms with Crippen LogP contribution in [0.2, 0.25) is 0 Å². The minimum absolute atomic E-state index is 0. The summed E-state index contributed by atoms with van der Waals surface area (Å²) < 4.78 is 5.28. The maximum Gasteiger partial charge on any atom is 0.222 e. The number of amides is 1. The number of rotatable bonds is 2. The van der Waals surface area contributed by atoms with Gasteiger partial charge in [0, 0.05) is 26.1 Å². The molecule has 0 radical (unpaired) electrons. The molecule has 6 nitrogen and oxygen atoms in total. The summed E-state index contributed by atoms with van der Waals surface area (Å²) in [5.41, 5.74) is 7.46. The summed E-state index contributed by atoms with van der Waals surface area (Å²) in [7, 11) is 0. The monoisotopic (exact) mass is 272 g/mol. The number of carbonyl (C=O) groups is 1. The van der Waals surface area contributed by atoms with Crippen molar-refractivity contribution >= 4 is 35.5 Å². The van der Waals surface area contributed by atoms with Crippen molar-refractivity contribution in [1.82, 2.24) is 4.98 Å². The first-order valence-electron chi connectivity index (χ1n) is 5.52. The Hall–Kier alpha value is -1.53. The molecule has 100 valence electrons. The summed E-state index contributed by atoms with van der Waals surface area (Å²) in [5.74, 6) is 0.322. The van der Waals surface area contributed by atoms with Crippen LogP contribution in [0.4, 0.5) is 17.2 Å². The van der Waals surface area contributed by atoms with Crippen LogP contribution in [0.1, 0.15) is 6.92 Å². The molecule has 2 rings (SSSR count). The van der Waals surface area contributed by atoms with Crippen molar-refractivity contribution in [1.29, 1.82) is 0 Å². The van der Waals surface area contributed by atoms with Crippen LogP contribution < -0.4 is 16.0 Å². The van der Waals surface area contributed by atoms with Gasteiger partial charge in [-0.1, -0.05) is 0 Å². The van der Waals surface area contributed by atoms with Gasteiger partial charge in [0.15, 0.2) is 0 Å². The third-order valence-electron chi connectivity index (χ3n) is 2.57. The highest BCUT2D eigenvalue weighted by Crippen LogP contribution is 2.25. The van der Waals surface area contributed by atoms with Gasteiger partial charge in [0.25, 0.3) is 0 Å². The van der Waals surface area contributed by atoms with E-state index >= 15 is 0 Å². The fraction of sp³-hybridized carbons (Fsp3) is 0.455. The average Bonchev–Trinajstić information content (AvgIpc) is 2.29. The summed E-state index contributed by atoms with van der Waals surface area (Å²) >= 11 is 0. The van der Waals surface area contributed by atoms with Crippen molar-refractivity contribution in [3.05, 3.63) is 12.3 Å². The van der Waals surface area contributed by atoms with Crippen molar-refractivity contribution in [2.24, 2.45) is 0 Å². The Morgan fingerprint density at radius 1 is 1.50 bits per heavy atom. The number of nitrogens with zero attached hydrogens (tertiary/aromatic N) is 2. The molecule has 1 saturated heterocycles. The number of halogens is 1. The molecule has 1 aliphatic heterocycles. The van der Waals surface area contributed by atoms with E-state index < -0.39 is 0 Å². The first kappa shape index (κ1) is 14.5. The van der Waals surface area contributed by atoms with Gasteiger partial charge in [-0.2, -0.15) is 0 Å². The van der Waals surface area contributed by atoms with Crippen molar-refractivity contribution in [2.75, 3.05) is 42.3 Å². The Balaban J connectivity index is 0.00000162. The van der Waals surface area contributed by atoms with Gasteiger partial charge in [0.05, 0.1) is 30.8 Å². The van der Waals surface area contributed by atoms with Crippen molar-refractivity contribution < 1.29 is 9.53 Å². The van der Waals surface area contributed by atoms with E-state index in [1.807, 2.05) is 0 Å². The van der Waals surface area contributed by atoms with Crippen LogP contribution in [-0.2, 0) is 9.53 Å². The lowest BCUT2D eigenvalue weighted by Gasteiger charge is -2.29. The zero-order valence-electron chi connectivity index (χ0n) is 10.2. The second-order valence-electron chi connectivity index (χ2n) is 3.91. The fourth-order valence-electron chi connectivity index (χ4n) is 1.78. The average molecular weight is 273 g/mol. The van der Waals surface area contributed by atoms with Crippen LogP contribution >= 0.6 is 12.4 Å². The van der Waals surface area contributed by atoms with Crippen LogP contribution in [0.3, 0.4) is 0 Å². The molecule has 0 unspecified atom stereocenters. The Labute approximate surface area is 112 Å². The summed E-state index contributed by atoms with van der Waals surface area (Å²) in [5, 5.41) is 2.60. The normalized spacial score (nSPS) is 14.8. The molecule has 0 spiro atoms. The van der Waals surface area contributed by atoms with Gasteiger partial charge in [-0.05, 0) is 0 Å². The Kier molecular flexibility index (Phi) is 5.18. The lowest BCUT2D eigenvalue weighted by molar-refractivity contribution is -0.114. The van der Waals surface area contributed by atoms with E-state index in [2.05, 4.69) is 15.2 Å². The standard InChI is InChI=1S/C11H16N4O2.ClH/c1-8(16)14-11-6-9(12)10(7-13-11)15-2-4-17-5-3-15;/h6-7H,2-5H2,1H3,(H3,12,13,14,16);1H. The van der Waals surface area contributed by atoms with Crippen molar-refractivity contribution in [2.45, 2.75) is 6.92 Å². The number of nitrogen functional groups attached to an aromatic ring is 1. The van der Waals surface area contributed by atoms with Crippen LogP contribution in [0.15, 0.2) is 12.3 Å². The third-order valence-corrected chi connectivity index (χ3v) is 2.57. The van der Waals surface area contributed by atoms with E-state index in [0.717, 1.165) is 18.8 Å². The molecule has 1 aromatic rings. The van der Waals surface area contributed by atoms with E-state index in [-0.39, 0.29) is 18.3 Å². The van der Waals surface area contributed by atoms with E-state index in [1.54, 1.807) is 12.3 Å². The van der Waals surface area contributed by atoms with E-state index in [0.29, 0.717) is 24.7 Å². The third kappa shape index (κ3) is 3.48. The summed E-state index contributed by atoms with van der Waals surface area (Å²) in [6, 6.07) is 1.67. The number of nitrogens with two attached hydrogens (primary N) is 1. The van der Waals surface area contributed by atoms with Crippen molar-refractivity contribution in [3.8, 4) is 0 Å². The fourth-order valence-corrected chi connectivity index (χ4v) is 1.78. The largest absolute Gasteiger partial charge is 0.397 e. The minimum Gasteiger partial charge on any atom is -0.397 e. The molecule has 18 heavy (non-hydrogen) atoms. The number of anilines is 3. The molecule has 0 bridgehead atoms. The molecule has 1 aliphatic rings. The smallest absolute Gasteiger partial charge is 0.222 e. The lowest BCUT2D eigenvalue weighted by Crippen LogP contribution is -2.36. The molecule has 0 saturated carbocycles. The first-order chi connectivity index (χ1) is 8.16. The lowest BCUT2D eigenvalue weighted by atomic mass is 10.3. The molecule has 3 N–H and O–H groups in total. The molecule has 0 aromatic carbocycles. The van der Waals surface area contributed by atoms with Crippen LogP contribution in [-0.4, -0.2) is 37.2 Å². The second kappa shape index (κ2) is 6.42. The predicted molar refractivity (Wildman–Crippen MR) is 73.2 cm³/mol.